The number of hydrogen-bond acceptors (Lipinski definition) is 3. The van der Waals surface area contributed by atoms with Crippen LogP contribution in [0.15, 0.2) is 84.1 Å². The van der Waals surface area contributed by atoms with Crippen LogP contribution in [0.4, 0.5) is 0 Å². The van der Waals surface area contributed by atoms with Gasteiger partial charge in [0, 0.05) is 6.61 Å². The van der Waals surface area contributed by atoms with Crippen molar-refractivity contribution < 1.29 is 13.9 Å². The molecule has 3 nitrogen and oxygen atoms in total. The van der Waals surface area contributed by atoms with Crippen LogP contribution in [0, 0.1) is 0 Å². The standard InChI is InChI=1S/C29H38O3Si/c1-29(2,3)33(25-15-6-4-7-16-25,26-17-8-5-9-18-26)32-27-19-11-10-14-24(27)21-23-31-28-20-12-13-22-30-28/h4-9,14-19,28H,10-13,20-23H2,1-3H3. The Morgan fingerprint density at radius 3 is 2.09 bits per heavy atom. The lowest BCUT2D eigenvalue weighted by molar-refractivity contribution is -0.161. The van der Waals surface area contributed by atoms with Crippen LogP contribution in [0.1, 0.15) is 59.3 Å². The highest BCUT2D eigenvalue weighted by molar-refractivity contribution is 6.99. The number of rotatable bonds is 8. The number of allylic oxidation sites excluding steroid dienone is 3. The van der Waals surface area contributed by atoms with Crippen molar-refractivity contribution in [1.82, 2.24) is 0 Å². The highest BCUT2D eigenvalue weighted by Crippen LogP contribution is 2.40. The molecule has 1 heterocycles. The lowest BCUT2D eigenvalue weighted by atomic mass is 10.0. The highest BCUT2D eigenvalue weighted by Gasteiger charge is 2.52. The van der Waals surface area contributed by atoms with Crippen molar-refractivity contribution in [2.45, 2.75) is 70.6 Å². The normalized spacial score (nSPS) is 19.5. The quantitative estimate of drug-likeness (QED) is 0.444. The molecule has 0 N–H and O–H groups in total. The molecule has 1 saturated heterocycles. The molecule has 2 aromatic carbocycles. The fraction of sp³-hybridized carbons (Fsp3) is 0.448. The Hall–Kier alpha value is -2.14. The SMILES string of the molecule is CC(C)(C)[Si](OC1=CCCC=C1CCOC1CCCCO1)(c1ccccc1)c1ccccc1. The second-order valence-electron chi connectivity index (χ2n) is 10.1. The van der Waals surface area contributed by atoms with E-state index in [1.807, 2.05) is 0 Å². The van der Waals surface area contributed by atoms with E-state index in [-0.39, 0.29) is 11.3 Å². The number of ether oxygens (including phenoxy) is 2. The van der Waals surface area contributed by atoms with Crippen LogP contribution in [0.5, 0.6) is 0 Å². The highest BCUT2D eigenvalue weighted by atomic mass is 28.4. The Morgan fingerprint density at radius 2 is 1.52 bits per heavy atom. The molecule has 1 fully saturated rings. The van der Waals surface area contributed by atoms with Gasteiger partial charge in [0.05, 0.1) is 6.61 Å². The van der Waals surface area contributed by atoms with Crippen molar-refractivity contribution in [3.8, 4) is 0 Å². The molecule has 0 saturated carbocycles. The maximum Gasteiger partial charge on any atom is 0.319 e. The molecule has 33 heavy (non-hydrogen) atoms. The Balaban J connectivity index is 1.62. The average molecular weight is 463 g/mol. The van der Waals surface area contributed by atoms with E-state index in [4.69, 9.17) is 13.9 Å². The molecule has 1 aliphatic carbocycles. The summed E-state index contributed by atoms with van der Waals surface area (Å²) in [6.07, 6.45) is 10.9. The fourth-order valence-electron chi connectivity index (χ4n) is 4.99. The molecule has 2 aliphatic rings. The molecule has 176 valence electrons. The van der Waals surface area contributed by atoms with Crippen LogP contribution >= 0.6 is 0 Å². The van der Waals surface area contributed by atoms with Gasteiger partial charge in [-0.2, -0.15) is 0 Å². The topological polar surface area (TPSA) is 27.7 Å². The van der Waals surface area contributed by atoms with Crippen molar-refractivity contribution in [3.63, 3.8) is 0 Å². The Labute approximate surface area is 200 Å². The smallest absolute Gasteiger partial charge is 0.319 e. The largest absolute Gasteiger partial charge is 0.534 e. The molecule has 0 bridgehead atoms. The summed E-state index contributed by atoms with van der Waals surface area (Å²) in [6.45, 7) is 8.47. The summed E-state index contributed by atoms with van der Waals surface area (Å²) in [4.78, 5) is 0. The van der Waals surface area contributed by atoms with Gasteiger partial charge >= 0.3 is 8.32 Å². The first-order valence-electron chi connectivity index (χ1n) is 12.4. The van der Waals surface area contributed by atoms with Crippen molar-refractivity contribution in [3.05, 3.63) is 84.1 Å². The van der Waals surface area contributed by atoms with E-state index in [0.29, 0.717) is 6.61 Å². The molecule has 2 aromatic rings. The van der Waals surface area contributed by atoms with Crippen molar-refractivity contribution in [2.24, 2.45) is 0 Å². The van der Waals surface area contributed by atoms with Crippen LogP contribution < -0.4 is 10.4 Å². The summed E-state index contributed by atoms with van der Waals surface area (Å²) in [5.74, 6) is 1.05. The molecule has 1 unspecified atom stereocenters. The fourth-order valence-corrected chi connectivity index (χ4v) is 9.47. The molecule has 0 spiro atoms. The summed E-state index contributed by atoms with van der Waals surface area (Å²) in [5.41, 5.74) is 1.27. The molecule has 0 aromatic heterocycles. The predicted octanol–water partition coefficient (Wildman–Crippen LogP) is 6.10. The van der Waals surface area contributed by atoms with E-state index in [1.54, 1.807) is 0 Å². The summed E-state index contributed by atoms with van der Waals surface area (Å²) >= 11 is 0. The van der Waals surface area contributed by atoms with Crippen molar-refractivity contribution in [1.29, 1.82) is 0 Å². The van der Waals surface area contributed by atoms with Gasteiger partial charge in [0.15, 0.2) is 6.29 Å². The molecule has 4 heteroatoms. The monoisotopic (exact) mass is 462 g/mol. The van der Waals surface area contributed by atoms with Crippen molar-refractivity contribution >= 4 is 18.7 Å². The molecule has 1 aliphatic heterocycles. The van der Waals surface area contributed by atoms with Crippen LogP contribution in [0.3, 0.4) is 0 Å². The zero-order chi connectivity index (χ0) is 23.2. The minimum absolute atomic E-state index is 0.0482. The van der Waals surface area contributed by atoms with E-state index in [0.717, 1.165) is 44.5 Å². The van der Waals surface area contributed by atoms with Crippen LogP contribution in [-0.4, -0.2) is 27.8 Å². The third kappa shape index (κ3) is 5.51. The zero-order valence-electron chi connectivity index (χ0n) is 20.4. The van der Waals surface area contributed by atoms with E-state index in [2.05, 4.69) is 93.6 Å². The van der Waals surface area contributed by atoms with Gasteiger partial charge in [0.2, 0.25) is 0 Å². The average Bonchev–Trinajstić information content (AvgIpc) is 2.84. The van der Waals surface area contributed by atoms with Crippen LogP contribution in [0.25, 0.3) is 0 Å². The van der Waals surface area contributed by atoms with Gasteiger partial charge in [-0.1, -0.05) is 87.5 Å². The van der Waals surface area contributed by atoms with Crippen molar-refractivity contribution in [2.75, 3.05) is 13.2 Å². The van der Waals surface area contributed by atoms with Gasteiger partial charge in [-0.25, -0.2) is 0 Å². The van der Waals surface area contributed by atoms with Gasteiger partial charge in [0.1, 0.15) is 5.76 Å². The van der Waals surface area contributed by atoms with Gasteiger partial charge in [-0.3, -0.25) is 0 Å². The van der Waals surface area contributed by atoms with E-state index >= 15 is 0 Å². The first-order valence-corrected chi connectivity index (χ1v) is 14.3. The molecule has 0 amide bonds. The third-order valence-corrected chi connectivity index (χ3v) is 11.6. The van der Waals surface area contributed by atoms with Gasteiger partial charge in [0.25, 0.3) is 0 Å². The lowest BCUT2D eigenvalue weighted by Crippen LogP contribution is -2.66. The van der Waals surface area contributed by atoms with Gasteiger partial charge < -0.3 is 13.9 Å². The molecular formula is C29H38O3Si. The van der Waals surface area contributed by atoms with E-state index < -0.39 is 8.32 Å². The zero-order valence-corrected chi connectivity index (χ0v) is 21.4. The van der Waals surface area contributed by atoms with E-state index in [1.165, 1.54) is 22.4 Å². The van der Waals surface area contributed by atoms with Gasteiger partial charge in [-0.05, 0) is 65.6 Å². The van der Waals surface area contributed by atoms with E-state index in [9.17, 15) is 0 Å². The summed E-state index contributed by atoms with van der Waals surface area (Å²) in [5, 5.41) is 2.56. The summed E-state index contributed by atoms with van der Waals surface area (Å²) in [7, 11) is -2.62. The van der Waals surface area contributed by atoms with Crippen LogP contribution in [-0.2, 0) is 13.9 Å². The predicted molar refractivity (Wildman–Crippen MR) is 138 cm³/mol. The Kier molecular flexibility index (Phi) is 7.89. The Bertz CT molecular complexity index is 898. The molecule has 1 atom stereocenters. The minimum Gasteiger partial charge on any atom is -0.534 e. The summed E-state index contributed by atoms with van der Waals surface area (Å²) < 4.78 is 19.1. The first kappa shape index (κ1) is 24.0. The molecule has 0 radical (unpaired) electrons. The van der Waals surface area contributed by atoms with Gasteiger partial charge in [-0.15, -0.1) is 0 Å². The minimum atomic E-state index is -2.62. The maximum atomic E-state index is 7.32. The maximum absolute atomic E-state index is 7.32. The number of hydrogen-bond donors (Lipinski definition) is 0. The first-order chi connectivity index (χ1) is 16.0. The lowest BCUT2D eigenvalue weighted by Gasteiger charge is -2.44. The second-order valence-corrected chi connectivity index (χ2v) is 14.3. The third-order valence-electron chi connectivity index (χ3n) is 6.70. The molecule has 4 rings (SSSR count). The van der Waals surface area contributed by atoms with Crippen LogP contribution in [0.2, 0.25) is 5.04 Å². The summed E-state index contributed by atoms with van der Waals surface area (Å²) in [6, 6.07) is 21.7. The Morgan fingerprint density at radius 1 is 0.879 bits per heavy atom. The second kappa shape index (κ2) is 10.9. The molecular weight excluding hydrogens is 424 g/mol. The number of benzene rings is 2.